The van der Waals surface area contributed by atoms with Gasteiger partial charge in [0, 0.05) is 35.9 Å². The number of carbonyl (C=O) groups is 4. The van der Waals surface area contributed by atoms with Crippen molar-refractivity contribution in [2.24, 2.45) is 5.41 Å². The summed E-state index contributed by atoms with van der Waals surface area (Å²) in [6, 6.07) is 18.6. The number of sulfonamides is 1. The normalized spacial score (nSPS) is 19.7. The lowest BCUT2D eigenvalue weighted by Crippen LogP contribution is -2.60. The van der Waals surface area contributed by atoms with E-state index < -0.39 is 79.3 Å². The van der Waals surface area contributed by atoms with Gasteiger partial charge < -0.3 is 29.7 Å². The molecule has 1 aliphatic heterocycles. The largest absolute Gasteiger partial charge is 0.497 e. The topological polar surface area (TPSA) is 182 Å². The van der Waals surface area contributed by atoms with Crippen LogP contribution in [0.1, 0.15) is 54.4 Å². The minimum Gasteiger partial charge on any atom is -0.497 e. The number of likely N-dealkylation sites (tertiary alicyclic amines) is 1. The van der Waals surface area contributed by atoms with Crippen molar-refractivity contribution in [3.63, 3.8) is 0 Å². The van der Waals surface area contributed by atoms with Crippen LogP contribution < -0.4 is 24.8 Å². The van der Waals surface area contributed by atoms with Crippen LogP contribution in [-0.4, -0.2) is 85.1 Å². The van der Waals surface area contributed by atoms with Crippen LogP contribution in [0.3, 0.4) is 0 Å². The zero-order chi connectivity index (χ0) is 43.1. The van der Waals surface area contributed by atoms with E-state index in [-0.39, 0.29) is 25.0 Å². The molecule has 14 nitrogen and oxygen atoms in total. The van der Waals surface area contributed by atoms with Crippen molar-refractivity contribution in [2.45, 2.75) is 88.6 Å². The van der Waals surface area contributed by atoms with Crippen LogP contribution in [0.5, 0.6) is 11.5 Å². The summed E-state index contributed by atoms with van der Waals surface area (Å²) < 4.78 is 60.1. The molecule has 3 aromatic carbocycles. The Kier molecular flexibility index (Phi) is 11.5. The van der Waals surface area contributed by atoms with Crippen LogP contribution in [0.15, 0.2) is 95.9 Å². The molecule has 1 aliphatic carbocycles. The third-order valence-electron chi connectivity index (χ3n) is 10.00. The Morgan fingerprint density at radius 3 is 2.24 bits per heavy atom. The van der Waals surface area contributed by atoms with Crippen LogP contribution >= 0.6 is 0 Å². The fourth-order valence-corrected chi connectivity index (χ4v) is 7.99. The standard InChI is InChI=1S/C43H48FN5O9S/c1-25-23-43(25,39(52)48-59(54,55)35-17-13-12-16-30(35)44)47-37(50)33-21-28(24-49(33)38(51)36(41(2,3)4)46-40(53)58-42(5,6)7)57-34-22-31(26-14-10-9-11-15-26)45-32-20-27(56-8)18-19-29(32)34/h9-20,22,28,33,36H,1,21,23-24H2,2-8H3,(H,46,53)(H,47,50)(H,48,52)/t28-,33+,36-,43-/m1/s1. The average molecular weight is 830 g/mol. The molecule has 6 rings (SSSR count). The van der Waals surface area contributed by atoms with Gasteiger partial charge in [0.15, 0.2) is 0 Å². The van der Waals surface area contributed by atoms with E-state index in [1.54, 1.807) is 72.9 Å². The summed E-state index contributed by atoms with van der Waals surface area (Å²) in [5.41, 5.74) is -1.45. The number of methoxy groups -OCH3 is 1. The number of alkyl carbamates (subject to hydrolysis) is 1. The highest BCUT2D eigenvalue weighted by atomic mass is 32.2. The minimum absolute atomic E-state index is 0.0702. The number of fused-ring (bicyclic) bond motifs is 1. The molecule has 2 heterocycles. The van der Waals surface area contributed by atoms with Crippen molar-refractivity contribution >= 4 is 44.7 Å². The molecular formula is C43H48FN5O9S. The molecule has 312 valence electrons. The van der Waals surface area contributed by atoms with Crippen molar-refractivity contribution in [3.05, 3.63) is 96.8 Å². The van der Waals surface area contributed by atoms with Crippen LogP contribution in [-0.2, 0) is 29.1 Å². The minimum atomic E-state index is -4.69. The van der Waals surface area contributed by atoms with E-state index in [1.807, 2.05) is 35.1 Å². The maximum atomic E-state index is 14.7. The van der Waals surface area contributed by atoms with Crippen molar-refractivity contribution in [1.29, 1.82) is 0 Å². The molecule has 0 bridgehead atoms. The Morgan fingerprint density at radius 1 is 0.966 bits per heavy atom. The summed E-state index contributed by atoms with van der Waals surface area (Å²) in [6.07, 6.45) is -1.83. The lowest BCUT2D eigenvalue weighted by molar-refractivity contribution is -0.142. The SMILES string of the molecule is C=C1C[C@]1(NC(=O)[C@@H]1C[C@@H](Oc2cc(-c3ccccc3)nc3cc(OC)ccc23)CN1C(=O)[C@@H](NC(=O)OC(C)(C)C)C(C)(C)C)C(=O)NS(=O)(=O)c1ccccc1F. The molecule has 0 radical (unpaired) electrons. The maximum Gasteiger partial charge on any atom is 0.408 e. The van der Waals surface area contributed by atoms with E-state index in [1.165, 1.54) is 17.0 Å². The molecule has 3 N–H and O–H groups in total. The van der Waals surface area contributed by atoms with Crippen molar-refractivity contribution in [2.75, 3.05) is 13.7 Å². The first-order valence-corrected chi connectivity index (χ1v) is 20.4. The number of benzene rings is 3. The third-order valence-corrected chi connectivity index (χ3v) is 11.4. The monoisotopic (exact) mass is 829 g/mol. The lowest BCUT2D eigenvalue weighted by atomic mass is 9.85. The van der Waals surface area contributed by atoms with Crippen LogP contribution in [0.25, 0.3) is 22.2 Å². The van der Waals surface area contributed by atoms with Gasteiger partial charge in [0.25, 0.3) is 15.9 Å². The van der Waals surface area contributed by atoms with Gasteiger partial charge in [-0.1, -0.05) is 69.8 Å². The summed E-state index contributed by atoms with van der Waals surface area (Å²) in [7, 11) is -3.15. The molecule has 4 atom stereocenters. The first-order valence-electron chi connectivity index (χ1n) is 18.9. The summed E-state index contributed by atoms with van der Waals surface area (Å²) in [4.78, 5) is 61.2. The highest BCUT2D eigenvalue weighted by Crippen LogP contribution is 2.43. The number of rotatable bonds is 11. The van der Waals surface area contributed by atoms with E-state index in [2.05, 4.69) is 17.2 Å². The molecule has 2 fully saturated rings. The molecule has 1 saturated carbocycles. The fourth-order valence-electron chi connectivity index (χ4n) is 6.88. The summed E-state index contributed by atoms with van der Waals surface area (Å²) in [5.74, 6) is -2.66. The van der Waals surface area contributed by atoms with Crippen molar-refractivity contribution in [1.82, 2.24) is 25.2 Å². The van der Waals surface area contributed by atoms with E-state index in [9.17, 15) is 32.0 Å². The Balaban J connectivity index is 1.34. The molecule has 0 unspecified atom stereocenters. The van der Waals surface area contributed by atoms with Crippen LogP contribution in [0.4, 0.5) is 9.18 Å². The van der Waals surface area contributed by atoms with Gasteiger partial charge in [-0.25, -0.2) is 27.3 Å². The molecule has 0 spiro atoms. The molecular weight excluding hydrogens is 782 g/mol. The number of nitrogens with zero attached hydrogens (tertiary/aromatic N) is 2. The van der Waals surface area contributed by atoms with Crippen molar-refractivity contribution < 1.29 is 46.2 Å². The van der Waals surface area contributed by atoms with Gasteiger partial charge in [0.2, 0.25) is 11.8 Å². The Labute approximate surface area is 342 Å². The quantitative estimate of drug-likeness (QED) is 0.160. The molecule has 2 aliphatic rings. The highest BCUT2D eigenvalue weighted by Gasteiger charge is 2.58. The second-order valence-electron chi connectivity index (χ2n) is 16.7. The third kappa shape index (κ3) is 9.32. The summed E-state index contributed by atoms with van der Waals surface area (Å²) in [6.45, 7) is 14.0. The van der Waals surface area contributed by atoms with Gasteiger partial charge in [0.05, 0.1) is 24.9 Å². The molecule has 4 amide bonds. The summed E-state index contributed by atoms with van der Waals surface area (Å²) in [5, 5.41) is 5.97. The first-order chi connectivity index (χ1) is 27.6. The van der Waals surface area contributed by atoms with Gasteiger partial charge >= 0.3 is 6.09 Å². The molecule has 16 heteroatoms. The van der Waals surface area contributed by atoms with E-state index in [0.717, 1.165) is 17.7 Å². The number of carbonyl (C=O) groups excluding carboxylic acids is 4. The maximum absolute atomic E-state index is 14.7. The number of hydrogen-bond donors (Lipinski definition) is 3. The number of nitrogens with one attached hydrogen (secondary N) is 3. The zero-order valence-electron chi connectivity index (χ0n) is 33.9. The number of amides is 4. The predicted octanol–water partition coefficient (Wildman–Crippen LogP) is 5.66. The van der Waals surface area contributed by atoms with E-state index in [4.69, 9.17) is 19.2 Å². The van der Waals surface area contributed by atoms with Gasteiger partial charge in [0.1, 0.15) is 51.5 Å². The average Bonchev–Trinajstić information content (AvgIpc) is 3.62. The lowest BCUT2D eigenvalue weighted by Gasteiger charge is -2.36. The molecule has 4 aromatic rings. The van der Waals surface area contributed by atoms with Crippen LogP contribution in [0, 0.1) is 11.2 Å². The Bertz CT molecular complexity index is 2430. The van der Waals surface area contributed by atoms with E-state index in [0.29, 0.717) is 28.1 Å². The van der Waals surface area contributed by atoms with Gasteiger partial charge in [-0.3, -0.25) is 14.4 Å². The fraction of sp³-hybridized carbons (Fsp3) is 0.372. The number of halogens is 1. The molecule has 59 heavy (non-hydrogen) atoms. The van der Waals surface area contributed by atoms with Gasteiger partial charge in [-0.15, -0.1) is 0 Å². The second kappa shape index (κ2) is 16.0. The first kappa shape index (κ1) is 42.6. The molecule has 1 aromatic heterocycles. The van der Waals surface area contributed by atoms with Crippen molar-refractivity contribution in [3.8, 4) is 22.8 Å². The number of pyridine rings is 1. The number of ether oxygens (including phenoxy) is 3. The number of hydrogen-bond acceptors (Lipinski definition) is 10. The molecule has 1 saturated heterocycles. The smallest absolute Gasteiger partial charge is 0.408 e. The van der Waals surface area contributed by atoms with E-state index >= 15 is 0 Å². The van der Waals surface area contributed by atoms with Crippen LogP contribution in [0.2, 0.25) is 0 Å². The second-order valence-corrected chi connectivity index (χ2v) is 18.4. The Morgan fingerprint density at radius 2 is 1.63 bits per heavy atom. The highest BCUT2D eigenvalue weighted by molar-refractivity contribution is 7.90. The van der Waals surface area contributed by atoms with Gasteiger partial charge in [-0.05, 0) is 56.0 Å². The summed E-state index contributed by atoms with van der Waals surface area (Å²) >= 11 is 0. The Hall–Kier alpha value is -6.03. The predicted molar refractivity (Wildman–Crippen MR) is 217 cm³/mol. The number of aromatic nitrogens is 1. The zero-order valence-corrected chi connectivity index (χ0v) is 34.7. The van der Waals surface area contributed by atoms with Gasteiger partial charge in [-0.2, -0.15) is 0 Å².